The SMILES string of the molecule is CC(CBr)c1cccnc1Br. The maximum absolute atomic E-state index is 4.14. The lowest BCUT2D eigenvalue weighted by Gasteiger charge is -2.08. The fourth-order valence-corrected chi connectivity index (χ4v) is 1.84. The summed E-state index contributed by atoms with van der Waals surface area (Å²) in [5, 5.41) is 0.970. The van der Waals surface area contributed by atoms with Crippen LogP contribution in [0.4, 0.5) is 0 Å². The smallest absolute Gasteiger partial charge is 0.109 e. The van der Waals surface area contributed by atoms with Gasteiger partial charge < -0.3 is 0 Å². The lowest BCUT2D eigenvalue weighted by atomic mass is 10.1. The van der Waals surface area contributed by atoms with Crippen LogP contribution in [0.3, 0.4) is 0 Å². The van der Waals surface area contributed by atoms with Gasteiger partial charge in [0.25, 0.3) is 0 Å². The Morgan fingerprint density at radius 1 is 1.64 bits per heavy atom. The molecule has 0 aromatic carbocycles. The highest BCUT2D eigenvalue weighted by molar-refractivity contribution is 9.10. The second-order valence-electron chi connectivity index (χ2n) is 2.44. The first-order valence-electron chi connectivity index (χ1n) is 3.42. The maximum atomic E-state index is 4.14. The molecule has 0 N–H and O–H groups in total. The first kappa shape index (κ1) is 9.20. The van der Waals surface area contributed by atoms with E-state index in [9.17, 15) is 0 Å². The van der Waals surface area contributed by atoms with Gasteiger partial charge in [-0.25, -0.2) is 4.98 Å². The molecule has 1 unspecified atom stereocenters. The molecular formula is C8H9Br2N. The minimum atomic E-state index is 0.512. The second kappa shape index (κ2) is 4.21. The molecule has 11 heavy (non-hydrogen) atoms. The monoisotopic (exact) mass is 277 g/mol. The van der Waals surface area contributed by atoms with E-state index >= 15 is 0 Å². The minimum Gasteiger partial charge on any atom is -0.249 e. The molecule has 1 aromatic rings. The zero-order valence-corrected chi connectivity index (χ0v) is 9.39. The summed E-state index contributed by atoms with van der Waals surface area (Å²) in [6.45, 7) is 2.16. The molecule has 1 heterocycles. The first-order valence-corrected chi connectivity index (χ1v) is 5.33. The summed E-state index contributed by atoms with van der Waals surface area (Å²) >= 11 is 6.84. The summed E-state index contributed by atoms with van der Waals surface area (Å²) in [6, 6.07) is 4.04. The number of pyridine rings is 1. The number of nitrogens with zero attached hydrogens (tertiary/aromatic N) is 1. The predicted octanol–water partition coefficient (Wildman–Crippen LogP) is 3.34. The molecular weight excluding hydrogens is 270 g/mol. The van der Waals surface area contributed by atoms with Crippen LogP contribution >= 0.6 is 31.9 Å². The van der Waals surface area contributed by atoms with E-state index in [4.69, 9.17) is 0 Å². The van der Waals surface area contributed by atoms with E-state index in [1.807, 2.05) is 6.07 Å². The Bertz CT molecular complexity index is 237. The van der Waals surface area contributed by atoms with Crippen LogP contribution in [0.5, 0.6) is 0 Å². The summed E-state index contributed by atoms with van der Waals surface area (Å²) in [5.74, 6) is 0.512. The molecule has 0 aliphatic heterocycles. The Labute approximate surface area is 83.5 Å². The van der Waals surface area contributed by atoms with Gasteiger partial charge in [0.2, 0.25) is 0 Å². The Morgan fingerprint density at radius 2 is 2.36 bits per heavy atom. The summed E-state index contributed by atoms with van der Waals surface area (Å²) in [6.07, 6.45) is 1.79. The highest BCUT2D eigenvalue weighted by Crippen LogP contribution is 2.23. The molecule has 0 bridgehead atoms. The molecule has 0 aliphatic carbocycles. The number of hydrogen-bond acceptors (Lipinski definition) is 1. The number of alkyl halides is 1. The van der Waals surface area contributed by atoms with Crippen LogP contribution in [-0.2, 0) is 0 Å². The van der Waals surface area contributed by atoms with E-state index in [0.717, 1.165) is 9.93 Å². The molecule has 0 saturated heterocycles. The molecule has 0 spiro atoms. The topological polar surface area (TPSA) is 12.9 Å². The molecule has 1 aromatic heterocycles. The maximum Gasteiger partial charge on any atom is 0.109 e. The van der Waals surface area contributed by atoms with Crippen LogP contribution in [0.2, 0.25) is 0 Å². The predicted molar refractivity (Wildman–Crippen MR) is 54.1 cm³/mol. The van der Waals surface area contributed by atoms with Crippen molar-refractivity contribution >= 4 is 31.9 Å². The third-order valence-electron chi connectivity index (χ3n) is 1.55. The van der Waals surface area contributed by atoms with Crippen molar-refractivity contribution in [3.8, 4) is 0 Å². The molecule has 1 rings (SSSR count). The molecule has 1 nitrogen and oxygen atoms in total. The molecule has 0 amide bonds. The van der Waals surface area contributed by atoms with Gasteiger partial charge in [0.15, 0.2) is 0 Å². The van der Waals surface area contributed by atoms with E-state index in [0.29, 0.717) is 5.92 Å². The second-order valence-corrected chi connectivity index (χ2v) is 3.84. The van der Waals surface area contributed by atoms with Gasteiger partial charge in [-0.3, -0.25) is 0 Å². The lowest BCUT2D eigenvalue weighted by Crippen LogP contribution is -1.96. The van der Waals surface area contributed by atoms with Crippen LogP contribution in [-0.4, -0.2) is 10.3 Å². The summed E-state index contributed by atoms with van der Waals surface area (Å²) < 4.78 is 0.951. The Morgan fingerprint density at radius 3 is 2.91 bits per heavy atom. The van der Waals surface area contributed by atoms with Crippen molar-refractivity contribution in [3.05, 3.63) is 28.5 Å². The minimum absolute atomic E-state index is 0.512. The average molecular weight is 279 g/mol. The highest BCUT2D eigenvalue weighted by Gasteiger charge is 2.06. The van der Waals surface area contributed by atoms with Crippen molar-refractivity contribution < 1.29 is 0 Å². The van der Waals surface area contributed by atoms with E-state index in [1.54, 1.807) is 6.20 Å². The fraction of sp³-hybridized carbons (Fsp3) is 0.375. The molecule has 3 heteroatoms. The van der Waals surface area contributed by atoms with E-state index in [2.05, 4.69) is 49.8 Å². The van der Waals surface area contributed by atoms with Gasteiger partial charge in [-0.2, -0.15) is 0 Å². The van der Waals surface area contributed by atoms with Gasteiger partial charge in [0, 0.05) is 11.5 Å². The number of halogens is 2. The van der Waals surface area contributed by atoms with Gasteiger partial charge in [-0.05, 0) is 33.5 Å². The van der Waals surface area contributed by atoms with Crippen molar-refractivity contribution in [2.75, 3.05) is 5.33 Å². The van der Waals surface area contributed by atoms with Gasteiger partial charge in [0.1, 0.15) is 4.60 Å². The van der Waals surface area contributed by atoms with Crippen molar-refractivity contribution in [2.45, 2.75) is 12.8 Å². The molecule has 60 valence electrons. The third kappa shape index (κ3) is 2.27. The molecule has 0 radical (unpaired) electrons. The van der Waals surface area contributed by atoms with Gasteiger partial charge in [0.05, 0.1) is 0 Å². The Kier molecular flexibility index (Phi) is 3.52. The number of hydrogen-bond donors (Lipinski definition) is 0. The molecule has 0 saturated carbocycles. The van der Waals surface area contributed by atoms with Crippen molar-refractivity contribution in [1.29, 1.82) is 0 Å². The van der Waals surface area contributed by atoms with Crippen molar-refractivity contribution in [2.24, 2.45) is 0 Å². The van der Waals surface area contributed by atoms with E-state index in [1.165, 1.54) is 5.56 Å². The molecule has 0 fully saturated rings. The van der Waals surface area contributed by atoms with Gasteiger partial charge in [-0.15, -0.1) is 0 Å². The van der Waals surface area contributed by atoms with E-state index < -0.39 is 0 Å². The fourth-order valence-electron chi connectivity index (χ4n) is 0.849. The summed E-state index contributed by atoms with van der Waals surface area (Å²) in [4.78, 5) is 4.14. The standard InChI is InChI=1S/C8H9Br2N/c1-6(5-9)7-3-2-4-11-8(7)10/h2-4,6H,5H2,1H3. The zero-order valence-electron chi connectivity index (χ0n) is 6.22. The van der Waals surface area contributed by atoms with Crippen LogP contribution in [0.25, 0.3) is 0 Å². The quantitative estimate of drug-likeness (QED) is 0.597. The number of rotatable bonds is 2. The van der Waals surface area contributed by atoms with Crippen LogP contribution in [0.1, 0.15) is 18.4 Å². The lowest BCUT2D eigenvalue weighted by molar-refractivity contribution is 0.869. The van der Waals surface area contributed by atoms with E-state index in [-0.39, 0.29) is 0 Å². The zero-order chi connectivity index (χ0) is 8.27. The normalized spacial score (nSPS) is 13.0. The average Bonchev–Trinajstić information content (AvgIpc) is 2.04. The Hall–Kier alpha value is 0.110. The van der Waals surface area contributed by atoms with Crippen LogP contribution in [0.15, 0.2) is 22.9 Å². The number of aromatic nitrogens is 1. The highest BCUT2D eigenvalue weighted by atomic mass is 79.9. The first-order chi connectivity index (χ1) is 5.25. The van der Waals surface area contributed by atoms with Gasteiger partial charge >= 0.3 is 0 Å². The summed E-state index contributed by atoms with van der Waals surface area (Å²) in [7, 11) is 0. The van der Waals surface area contributed by atoms with Crippen molar-refractivity contribution in [3.63, 3.8) is 0 Å². The third-order valence-corrected chi connectivity index (χ3v) is 3.18. The molecule has 0 aliphatic rings. The largest absolute Gasteiger partial charge is 0.249 e. The van der Waals surface area contributed by atoms with Gasteiger partial charge in [-0.1, -0.05) is 28.9 Å². The molecule has 1 atom stereocenters. The van der Waals surface area contributed by atoms with Crippen LogP contribution < -0.4 is 0 Å². The van der Waals surface area contributed by atoms with Crippen molar-refractivity contribution in [1.82, 2.24) is 4.98 Å². The summed E-state index contributed by atoms with van der Waals surface area (Å²) in [5.41, 5.74) is 1.25. The Balaban J connectivity index is 2.93. The van der Waals surface area contributed by atoms with Crippen LogP contribution in [0, 0.1) is 0 Å².